The highest BCUT2D eigenvalue weighted by molar-refractivity contribution is 7.99. The largest absolute Gasteiger partial charge is 0.326 e. The second-order valence-corrected chi connectivity index (χ2v) is 8.15. The Morgan fingerprint density at radius 3 is 2.33 bits per heavy atom. The van der Waals surface area contributed by atoms with Crippen molar-refractivity contribution in [1.82, 2.24) is 14.8 Å². The lowest BCUT2D eigenvalue weighted by molar-refractivity contribution is -0.116. The van der Waals surface area contributed by atoms with Crippen LogP contribution in [-0.4, -0.2) is 32.3 Å². The molecule has 2 amide bonds. The number of nitrogens with zero attached hydrogens (tertiary/aromatic N) is 3. The number of hydrogen-bond donors (Lipinski definition) is 2. The van der Waals surface area contributed by atoms with Crippen molar-refractivity contribution in [2.24, 2.45) is 7.05 Å². The summed E-state index contributed by atoms with van der Waals surface area (Å²) in [5.74, 6) is 0.457. The predicted molar refractivity (Wildman–Crippen MR) is 120 cm³/mol. The van der Waals surface area contributed by atoms with E-state index in [0.717, 1.165) is 28.1 Å². The molecule has 0 aliphatic carbocycles. The molecule has 3 rings (SSSR count). The van der Waals surface area contributed by atoms with E-state index in [1.807, 2.05) is 63.2 Å². The zero-order chi connectivity index (χ0) is 21.7. The molecule has 0 saturated heterocycles. The van der Waals surface area contributed by atoms with Gasteiger partial charge < -0.3 is 15.2 Å². The van der Waals surface area contributed by atoms with Crippen LogP contribution in [0.15, 0.2) is 47.6 Å². The zero-order valence-electron chi connectivity index (χ0n) is 17.5. The van der Waals surface area contributed by atoms with Gasteiger partial charge in [-0.2, -0.15) is 0 Å². The Balaban J connectivity index is 1.53. The van der Waals surface area contributed by atoms with Crippen LogP contribution in [0.25, 0.3) is 0 Å². The van der Waals surface area contributed by atoms with Gasteiger partial charge in [0.15, 0.2) is 5.16 Å². The molecule has 0 aliphatic heterocycles. The van der Waals surface area contributed by atoms with Gasteiger partial charge in [0, 0.05) is 18.4 Å². The maximum Gasteiger partial charge on any atom is 0.234 e. The third-order valence-electron chi connectivity index (χ3n) is 4.57. The van der Waals surface area contributed by atoms with Crippen LogP contribution >= 0.6 is 11.8 Å². The molecule has 156 valence electrons. The highest BCUT2D eigenvalue weighted by Gasteiger charge is 2.15. The fourth-order valence-electron chi connectivity index (χ4n) is 2.88. The molecule has 30 heavy (non-hydrogen) atoms. The molecule has 0 spiro atoms. The maximum absolute atomic E-state index is 12.3. The highest BCUT2D eigenvalue weighted by atomic mass is 32.2. The highest BCUT2D eigenvalue weighted by Crippen LogP contribution is 2.19. The van der Waals surface area contributed by atoms with Crippen LogP contribution in [0.3, 0.4) is 0 Å². The van der Waals surface area contributed by atoms with Gasteiger partial charge in [-0.25, -0.2) is 0 Å². The lowest BCUT2D eigenvalue weighted by Gasteiger charge is -2.09. The van der Waals surface area contributed by atoms with Gasteiger partial charge >= 0.3 is 0 Å². The molecule has 0 bridgehead atoms. The Labute approximate surface area is 180 Å². The Bertz CT molecular complexity index is 1060. The molecule has 0 aliphatic rings. The fraction of sp³-hybridized carbons (Fsp3) is 0.273. The van der Waals surface area contributed by atoms with E-state index in [9.17, 15) is 9.59 Å². The number of aryl methyl sites for hydroxylation is 3. The van der Waals surface area contributed by atoms with E-state index in [1.165, 1.54) is 11.8 Å². The molecule has 0 saturated carbocycles. The topological polar surface area (TPSA) is 88.9 Å². The van der Waals surface area contributed by atoms with Crippen molar-refractivity contribution in [3.63, 3.8) is 0 Å². The summed E-state index contributed by atoms with van der Waals surface area (Å²) in [5, 5.41) is 14.6. The van der Waals surface area contributed by atoms with Crippen LogP contribution in [0.1, 0.15) is 22.5 Å². The molecule has 0 unspecified atom stereocenters. The lowest BCUT2D eigenvalue weighted by atomic mass is 10.1. The van der Waals surface area contributed by atoms with Gasteiger partial charge in [-0.15, -0.1) is 10.2 Å². The number of carbonyl (C=O) groups is 2. The molecule has 3 aromatic rings. The van der Waals surface area contributed by atoms with Crippen molar-refractivity contribution >= 4 is 35.0 Å². The number of hydrogen-bond acceptors (Lipinski definition) is 5. The van der Waals surface area contributed by atoms with E-state index in [-0.39, 0.29) is 24.0 Å². The van der Waals surface area contributed by atoms with Gasteiger partial charge in [-0.1, -0.05) is 47.2 Å². The monoisotopic (exact) mass is 423 g/mol. The van der Waals surface area contributed by atoms with Crippen LogP contribution in [0, 0.1) is 20.8 Å². The molecule has 0 radical (unpaired) electrons. The summed E-state index contributed by atoms with van der Waals surface area (Å²) in [6.07, 6.45) is 0.104. The summed E-state index contributed by atoms with van der Waals surface area (Å²) >= 11 is 1.28. The van der Waals surface area contributed by atoms with Gasteiger partial charge in [0.1, 0.15) is 5.82 Å². The number of amides is 2. The van der Waals surface area contributed by atoms with E-state index in [4.69, 9.17) is 0 Å². The number of aromatic nitrogens is 3. The molecule has 0 atom stereocenters. The summed E-state index contributed by atoms with van der Waals surface area (Å²) in [4.78, 5) is 24.6. The first-order chi connectivity index (χ1) is 14.3. The Hall–Kier alpha value is -3.13. The average Bonchev–Trinajstić information content (AvgIpc) is 3.04. The fourth-order valence-corrected chi connectivity index (χ4v) is 3.61. The third-order valence-corrected chi connectivity index (χ3v) is 5.59. The van der Waals surface area contributed by atoms with Gasteiger partial charge in [0.25, 0.3) is 0 Å². The molecule has 8 heteroatoms. The summed E-state index contributed by atoms with van der Waals surface area (Å²) in [6, 6.07) is 13.5. The summed E-state index contributed by atoms with van der Waals surface area (Å²) in [5.41, 5.74) is 4.85. The van der Waals surface area contributed by atoms with Crippen molar-refractivity contribution in [3.05, 3.63) is 65.0 Å². The molecule has 1 heterocycles. The number of carbonyl (C=O) groups excluding carboxylic acids is 2. The Morgan fingerprint density at radius 2 is 1.63 bits per heavy atom. The molecule has 0 fully saturated rings. The van der Waals surface area contributed by atoms with E-state index in [0.29, 0.717) is 11.0 Å². The minimum atomic E-state index is -0.168. The van der Waals surface area contributed by atoms with Crippen LogP contribution in [-0.2, 0) is 23.1 Å². The standard InChI is InChI=1S/C22H25N5O2S/c1-14-5-8-17(9-6-14)23-20(28)12-19-25-26-22(27(19)4)30-13-21(29)24-18-10-7-15(2)11-16(18)3/h5-11H,12-13H2,1-4H3,(H,23,28)(H,24,29). The third kappa shape index (κ3) is 5.70. The first-order valence-corrected chi connectivity index (χ1v) is 10.5. The van der Waals surface area contributed by atoms with Gasteiger partial charge in [-0.05, 0) is 44.5 Å². The number of thioether (sulfide) groups is 1. The molecule has 2 N–H and O–H groups in total. The maximum atomic E-state index is 12.3. The van der Waals surface area contributed by atoms with E-state index in [2.05, 4.69) is 20.8 Å². The van der Waals surface area contributed by atoms with Crippen molar-refractivity contribution < 1.29 is 9.59 Å². The van der Waals surface area contributed by atoms with Crippen LogP contribution in [0.2, 0.25) is 0 Å². The SMILES string of the molecule is Cc1ccc(NC(=O)Cc2nnc(SCC(=O)Nc3ccc(C)cc3C)n2C)cc1. The molecule has 2 aromatic carbocycles. The summed E-state index contributed by atoms with van der Waals surface area (Å²) < 4.78 is 1.74. The molecular weight excluding hydrogens is 398 g/mol. The number of rotatable bonds is 7. The van der Waals surface area contributed by atoms with Gasteiger partial charge in [0.05, 0.1) is 12.2 Å². The second-order valence-electron chi connectivity index (χ2n) is 7.20. The van der Waals surface area contributed by atoms with E-state index < -0.39 is 0 Å². The quantitative estimate of drug-likeness (QED) is 0.566. The van der Waals surface area contributed by atoms with Crippen LogP contribution in [0.4, 0.5) is 11.4 Å². The predicted octanol–water partition coefficient (Wildman–Crippen LogP) is 3.65. The average molecular weight is 424 g/mol. The summed E-state index contributed by atoms with van der Waals surface area (Å²) in [6.45, 7) is 5.97. The van der Waals surface area contributed by atoms with Gasteiger partial charge in [0.2, 0.25) is 11.8 Å². The van der Waals surface area contributed by atoms with Crippen molar-refractivity contribution in [1.29, 1.82) is 0 Å². The number of benzene rings is 2. The second kappa shape index (κ2) is 9.58. The lowest BCUT2D eigenvalue weighted by Crippen LogP contribution is -2.17. The minimum absolute atomic E-state index is 0.104. The van der Waals surface area contributed by atoms with Crippen LogP contribution in [0.5, 0.6) is 0 Å². The van der Waals surface area contributed by atoms with Crippen molar-refractivity contribution in [2.75, 3.05) is 16.4 Å². The normalized spacial score (nSPS) is 10.7. The van der Waals surface area contributed by atoms with Crippen molar-refractivity contribution in [2.45, 2.75) is 32.3 Å². The molecule has 7 nitrogen and oxygen atoms in total. The van der Waals surface area contributed by atoms with E-state index in [1.54, 1.807) is 11.6 Å². The number of nitrogens with one attached hydrogen (secondary N) is 2. The first-order valence-electron chi connectivity index (χ1n) is 9.56. The smallest absolute Gasteiger partial charge is 0.234 e. The van der Waals surface area contributed by atoms with E-state index >= 15 is 0 Å². The summed E-state index contributed by atoms with van der Waals surface area (Å²) in [7, 11) is 1.79. The zero-order valence-corrected chi connectivity index (χ0v) is 18.3. The minimum Gasteiger partial charge on any atom is -0.326 e. The van der Waals surface area contributed by atoms with Gasteiger partial charge in [-0.3, -0.25) is 9.59 Å². The number of anilines is 2. The first kappa shape index (κ1) is 21.6. The molecular formula is C22H25N5O2S. The Morgan fingerprint density at radius 1 is 0.933 bits per heavy atom. The Kier molecular flexibility index (Phi) is 6.89. The van der Waals surface area contributed by atoms with Crippen LogP contribution < -0.4 is 10.6 Å². The van der Waals surface area contributed by atoms with Crippen molar-refractivity contribution in [3.8, 4) is 0 Å². The molecule has 1 aromatic heterocycles.